The summed E-state index contributed by atoms with van der Waals surface area (Å²) in [6, 6.07) is 5.60. The van der Waals surface area contributed by atoms with Crippen molar-refractivity contribution in [2.75, 3.05) is 25.6 Å². The highest BCUT2D eigenvalue weighted by Crippen LogP contribution is 2.17. The predicted molar refractivity (Wildman–Crippen MR) is 117 cm³/mol. The smallest absolute Gasteiger partial charge is 0.214 e. The molecule has 0 saturated carbocycles. The second kappa shape index (κ2) is 12.4. The lowest BCUT2D eigenvalue weighted by atomic mass is 9.98. The number of unbranched alkanes of at least 4 members (excludes halogenated alkanes) is 2. The second-order valence-electron chi connectivity index (χ2n) is 7.43. The van der Waals surface area contributed by atoms with Crippen LogP contribution < -0.4 is 15.0 Å². The molecular formula is C22H34N4O3. The molecule has 3 atom stereocenters. The maximum absolute atomic E-state index is 9.42. The van der Waals surface area contributed by atoms with Gasteiger partial charge in [0, 0.05) is 37.6 Å². The summed E-state index contributed by atoms with van der Waals surface area (Å²) in [6.45, 7) is 3.06. The zero-order chi connectivity index (χ0) is 21.1. The van der Waals surface area contributed by atoms with Crippen LogP contribution in [0.4, 0.5) is 5.82 Å². The highest BCUT2D eigenvalue weighted by molar-refractivity contribution is 5.67. The minimum absolute atomic E-state index is 0.123. The fraction of sp³-hybridized carbons (Fsp3) is 0.545. The van der Waals surface area contributed by atoms with Crippen LogP contribution in [0.2, 0.25) is 0 Å². The standard InChI is InChI=1S/C22H34N4O3/c1-17(12-15-26(2)20-9-7-10-21(25-20)29-3)8-5-4-6-13-24-19-16-23-14-11-18(19)22(27)28/h7,9-12,14-19,22,24,27-28H,4-6,8,13H2,1-3H3/b15-12+. The number of methoxy groups -OCH3 is 1. The van der Waals surface area contributed by atoms with E-state index >= 15 is 0 Å². The van der Waals surface area contributed by atoms with Gasteiger partial charge in [0.25, 0.3) is 0 Å². The summed E-state index contributed by atoms with van der Waals surface area (Å²) in [5, 5.41) is 22.2. The number of allylic oxidation sites excluding steroid dienone is 1. The third-order valence-electron chi connectivity index (χ3n) is 5.03. The van der Waals surface area contributed by atoms with Gasteiger partial charge in [-0.15, -0.1) is 0 Å². The van der Waals surface area contributed by atoms with Gasteiger partial charge < -0.3 is 25.2 Å². The Morgan fingerprint density at radius 3 is 2.86 bits per heavy atom. The Balaban J connectivity index is 1.62. The van der Waals surface area contributed by atoms with Gasteiger partial charge in [0.05, 0.1) is 13.2 Å². The molecule has 160 valence electrons. The number of aliphatic hydroxyl groups excluding tert-OH is 1. The molecular weight excluding hydrogens is 368 g/mol. The summed E-state index contributed by atoms with van der Waals surface area (Å²) in [7, 11) is 3.60. The summed E-state index contributed by atoms with van der Waals surface area (Å²) < 4.78 is 5.17. The molecule has 0 spiro atoms. The Morgan fingerprint density at radius 1 is 1.28 bits per heavy atom. The number of rotatable bonds is 12. The van der Waals surface area contributed by atoms with Crippen molar-refractivity contribution in [3.05, 3.63) is 42.8 Å². The molecule has 0 aromatic carbocycles. The Labute approximate surface area is 173 Å². The molecule has 1 aromatic heterocycles. The average molecular weight is 403 g/mol. The van der Waals surface area contributed by atoms with Crippen molar-refractivity contribution in [2.45, 2.75) is 44.9 Å². The maximum Gasteiger partial charge on any atom is 0.214 e. The zero-order valence-electron chi connectivity index (χ0n) is 17.6. The molecule has 7 heteroatoms. The van der Waals surface area contributed by atoms with Crippen molar-refractivity contribution in [1.29, 1.82) is 0 Å². The van der Waals surface area contributed by atoms with Gasteiger partial charge >= 0.3 is 0 Å². The first-order valence-corrected chi connectivity index (χ1v) is 10.2. The van der Waals surface area contributed by atoms with E-state index in [0.29, 0.717) is 11.8 Å². The number of nitrogens with zero attached hydrogens (tertiary/aromatic N) is 3. The van der Waals surface area contributed by atoms with Crippen LogP contribution in [0.15, 0.2) is 47.7 Å². The van der Waals surface area contributed by atoms with E-state index < -0.39 is 6.29 Å². The lowest BCUT2D eigenvalue weighted by Gasteiger charge is -2.25. The van der Waals surface area contributed by atoms with Crippen molar-refractivity contribution in [2.24, 2.45) is 16.8 Å². The van der Waals surface area contributed by atoms with Crippen molar-refractivity contribution in [3.63, 3.8) is 0 Å². The molecule has 0 fully saturated rings. The molecule has 3 unspecified atom stereocenters. The predicted octanol–water partition coefficient (Wildman–Crippen LogP) is 2.72. The van der Waals surface area contributed by atoms with Crippen molar-refractivity contribution in [1.82, 2.24) is 10.3 Å². The van der Waals surface area contributed by atoms with Crippen LogP contribution in [0.3, 0.4) is 0 Å². The number of aliphatic hydroxyl groups is 2. The number of pyridine rings is 1. The quantitative estimate of drug-likeness (QED) is 0.368. The minimum Gasteiger partial charge on any atom is -0.481 e. The molecule has 0 saturated heterocycles. The number of nitrogens with one attached hydrogen (secondary N) is 1. The van der Waals surface area contributed by atoms with E-state index in [1.807, 2.05) is 30.1 Å². The van der Waals surface area contributed by atoms with Crippen LogP contribution in [-0.2, 0) is 0 Å². The topological polar surface area (TPSA) is 90.2 Å². The van der Waals surface area contributed by atoms with E-state index in [1.165, 1.54) is 0 Å². The van der Waals surface area contributed by atoms with E-state index in [9.17, 15) is 10.2 Å². The first-order valence-electron chi connectivity index (χ1n) is 10.2. The van der Waals surface area contributed by atoms with Gasteiger partial charge in [-0.1, -0.05) is 38.0 Å². The van der Waals surface area contributed by atoms with Crippen LogP contribution in [-0.4, -0.2) is 54.4 Å². The highest BCUT2D eigenvalue weighted by Gasteiger charge is 2.24. The zero-order valence-corrected chi connectivity index (χ0v) is 17.6. The van der Waals surface area contributed by atoms with Crippen LogP contribution in [0.1, 0.15) is 32.6 Å². The Bertz CT molecular complexity index is 690. The molecule has 2 rings (SSSR count). The summed E-state index contributed by atoms with van der Waals surface area (Å²) in [5.41, 5.74) is 0. The molecule has 3 N–H and O–H groups in total. The molecule has 0 aliphatic carbocycles. The third-order valence-corrected chi connectivity index (χ3v) is 5.03. The van der Waals surface area contributed by atoms with Crippen LogP contribution in [0.25, 0.3) is 0 Å². The monoisotopic (exact) mass is 402 g/mol. The van der Waals surface area contributed by atoms with Gasteiger partial charge in [0.15, 0.2) is 6.29 Å². The maximum atomic E-state index is 9.42. The number of hydrogen-bond donors (Lipinski definition) is 3. The van der Waals surface area contributed by atoms with Gasteiger partial charge in [-0.25, -0.2) is 0 Å². The van der Waals surface area contributed by atoms with Gasteiger partial charge in [-0.05, 0) is 31.4 Å². The summed E-state index contributed by atoms with van der Waals surface area (Å²) >= 11 is 0. The average Bonchev–Trinajstić information content (AvgIpc) is 2.74. The third kappa shape index (κ3) is 7.97. The van der Waals surface area contributed by atoms with E-state index in [1.54, 1.807) is 25.6 Å². The largest absolute Gasteiger partial charge is 0.481 e. The minimum atomic E-state index is -1.37. The Hall–Kier alpha value is -2.22. The fourth-order valence-corrected chi connectivity index (χ4v) is 3.18. The van der Waals surface area contributed by atoms with E-state index in [2.05, 4.69) is 34.5 Å². The van der Waals surface area contributed by atoms with Crippen LogP contribution >= 0.6 is 0 Å². The number of hydrogen-bond acceptors (Lipinski definition) is 7. The number of aliphatic imine (C=N–C) groups is 1. The lowest BCUT2D eigenvalue weighted by Crippen LogP contribution is -2.43. The molecule has 0 bridgehead atoms. The van der Waals surface area contributed by atoms with E-state index in [4.69, 9.17) is 4.74 Å². The van der Waals surface area contributed by atoms with Gasteiger partial charge in [0.1, 0.15) is 5.82 Å². The number of aromatic nitrogens is 1. The molecule has 29 heavy (non-hydrogen) atoms. The van der Waals surface area contributed by atoms with Gasteiger partial charge in [-0.3, -0.25) is 4.99 Å². The highest BCUT2D eigenvalue weighted by atomic mass is 16.5. The number of anilines is 1. The molecule has 1 aliphatic heterocycles. The van der Waals surface area contributed by atoms with Crippen molar-refractivity contribution >= 4 is 12.0 Å². The molecule has 0 radical (unpaired) electrons. The van der Waals surface area contributed by atoms with Crippen LogP contribution in [0.5, 0.6) is 5.88 Å². The number of ether oxygens (including phenoxy) is 1. The van der Waals surface area contributed by atoms with E-state index in [-0.39, 0.29) is 12.0 Å². The van der Waals surface area contributed by atoms with Crippen LogP contribution in [0, 0.1) is 11.8 Å². The SMILES string of the molecule is COc1cccc(N(C)/C=C/C(C)CCCCCNC2C=NC=CC2C(O)O)n1. The van der Waals surface area contributed by atoms with Crippen molar-refractivity contribution < 1.29 is 14.9 Å². The first kappa shape index (κ1) is 23.1. The fourth-order valence-electron chi connectivity index (χ4n) is 3.18. The second-order valence-corrected chi connectivity index (χ2v) is 7.43. The van der Waals surface area contributed by atoms with Gasteiger partial charge in [-0.2, -0.15) is 4.98 Å². The summed E-state index contributed by atoms with van der Waals surface area (Å²) in [4.78, 5) is 10.5. The normalized spacial score (nSPS) is 19.8. The Morgan fingerprint density at radius 2 is 2.10 bits per heavy atom. The molecule has 7 nitrogen and oxygen atoms in total. The molecule has 0 amide bonds. The Kier molecular flexibility index (Phi) is 9.83. The molecule has 1 aromatic rings. The van der Waals surface area contributed by atoms with Gasteiger partial charge in [0.2, 0.25) is 5.88 Å². The lowest BCUT2D eigenvalue weighted by molar-refractivity contribution is -0.0735. The van der Waals surface area contributed by atoms with E-state index in [0.717, 1.165) is 38.0 Å². The van der Waals surface area contributed by atoms with Crippen molar-refractivity contribution in [3.8, 4) is 5.88 Å². The first-order chi connectivity index (χ1) is 14.0. The molecule has 1 aliphatic rings. The summed E-state index contributed by atoms with van der Waals surface area (Å²) in [5.74, 6) is 1.61. The molecule has 2 heterocycles. The summed E-state index contributed by atoms with van der Waals surface area (Å²) in [6.07, 6.45) is 12.4.